The fourth-order valence-corrected chi connectivity index (χ4v) is 3.33. The Kier molecular flexibility index (Phi) is 4.76. The molecule has 1 aliphatic heterocycles. The second kappa shape index (κ2) is 6.75. The largest absolute Gasteiger partial charge is 0.467 e. The molecule has 0 amide bonds. The predicted molar refractivity (Wildman–Crippen MR) is 79.5 cm³/mol. The van der Waals surface area contributed by atoms with Crippen LogP contribution in [0.4, 0.5) is 4.39 Å². The van der Waals surface area contributed by atoms with Crippen molar-refractivity contribution in [2.75, 3.05) is 13.3 Å². The Morgan fingerprint density at radius 3 is 2.86 bits per heavy atom. The molecule has 1 saturated carbocycles. The van der Waals surface area contributed by atoms with E-state index in [9.17, 15) is 4.39 Å². The van der Waals surface area contributed by atoms with Gasteiger partial charge in [0, 0.05) is 17.7 Å². The highest BCUT2D eigenvalue weighted by Gasteiger charge is 2.19. The SMILES string of the molecule is CC1CCC(CNCc2cc(F)cc3c2OCOC3)CC1. The Morgan fingerprint density at radius 1 is 1.24 bits per heavy atom. The molecule has 0 atom stereocenters. The molecule has 3 nitrogen and oxygen atoms in total. The van der Waals surface area contributed by atoms with Crippen LogP contribution in [-0.2, 0) is 17.9 Å². The number of ether oxygens (including phenoxy) is 2. The molecule has 1 aromatic rings. The van der Waals surface area contributed by atoms with Crippen LogP contribution in [0.1, 0.15) is 43.7 Å². The van der Waals surface area contributed by atoms with E-state index in [1.807, 2.05) is 0 Å². The molecular formula is C17H24FNO2. The second-order valence-electron chi connectivity index (χ2n) is 6.42. The summed E-state index contributed by atoms with van der Waals surface area (Å²) in [7, 11) is 0. The fraction of sp³-hybridized carbons (Fsp3) is 0.647. The number of nitrogens with one attached hydrogen (secondary N) is 1. The van der Waals surface area contributed by atoms with Crippen molar-refractivity contribution in [3.8, 4) is 5.75 Å². The zero-order valence-electron chi connectivity index (χ0n) is 12.7. The zero-order valence-corrected chi connectivity index (χ0v) is 12.7. The van der Waals surface area contributed by atoms with E-state index in [2.05, 4.69) is 12.2 Å². The minimum Gasteiger partial charge on any atom is -0.467 e. The van der Waals surface area contributed by atoms with Crippen molar-refractivity contribution in [3.63, 3.8) is 0 Å². The first-order valence-electron chi connectivity index (χ1n) is 7.95. The molecule has 21 heavy (non-hydrogen) atoms. The maximum Gasteiger partial charge on any atom is 0.189 e. The number of benzene rings is 1. The van der Waals surface area contributed by atoms with Crippen LogP contribution in [0.5, 0.6) is 5.75 Å². The molecule has 0 radical (unpaired) electrons. The number of fused-ring (bicyclic) bond motifs is 1. The van der Waals surface area contributed by atoms with Gasteiger partial charge in [0.1, 0.15) is 11.6 Å². The summed E-state index contributed by atoms with van der Waals surface area (Å²) in [5, 5.41) is 3.48. The molecular weight excluding hydrogens is 269 g/mol. The van der Waals surface area contributed by atoms with Crippen molar-refractivity contribution < 1.29 is 13.9 Å². The maximum atomic E-state index is 13.6. The topological polar surface area (TPSA) is 30.5 Å². The quantitative estimate of drug-likeness (QED) is 0.920. The van der Waals surface area contributed by atoms with Crippen LogP contribution < -0.4 is 10.1 Å². The first-order valence-corrected chi connectivity index (χ1v) is 7.95. The Bertz CT molecular complexity index is 484. The van der Waals surface area contributed by atoms with E-state index in [-0.39, 0.29) is 12.6 Å². The van der Waals surface area contributed by atoms with Crippen molar-refractivity contribution in [1.82, 2.24) is 5.32 Å². The van der Waals surface area contributed by atoms with Gasteiger partial charge in [-0.15, -0.1) is 0 Å². The minimum absolute atomic E-state index is 0.217. The molecule has 1 fully saturated rings. The third-order valence-corrected chi connectivity index (χ3v) is 4.64. The molecule has 0 spiro atoms. The lowest BCUT2D eigenvalue weighted by atomic mass is 9.83. The number of hydrogen-bond acceptors (Lipinski definition) is 3. The molecule has 1 N–H and O–H groups in total. The number of hydrogen-bond donors (Lipinski definition) is 1. The summed E-state index contributed by atoms with van der Waals surface area (Å²) < 4.78 is 24.4. The predicted octanol–water partition coefficient (Wildman–Crippen LogP) is 3.61. The van der Waals surface area contributed by atoms with Gasteiger partial charge < -0.3 is 14.8 Å². The van der Waals surface area contributed by atoms with Gasteiger partial charge >= 0.3 is 0 Å². The van der Waals surface area contributed by atoms with E-state index >= 15 is 0 Å². The summed E-state index contributed by atoms with van der Waals surface area (Å²) in [6, 6.07) is 3.07. The molecule has 0 saturated heterocycles. The van der Waals surface area contributed by atoms with E-state index in [1.165, 1.54) is 31.7 Å². The summed E-state index contributed by atoms with van der Waals surface area (Å²) in [5.74, 6) is 2.22. The van der Waals surface area contributed by atoms with Gasteiger partial charge in [-0.05, 0) is 43.4 Å². The highest BCUT2D eigenvalue weighted by Crippen LogP contribution is 2.30. The van der Waals surface area contributed by atoms with Crippen LogP contribution >= 0.6 is 0 Å². The minimum atomic E-state index is -0.217. The van der Waals surface area contributed by atoms with E-state index in [1.54, 1.807) is 6.07 Å². The van der Waals surface area contributed by atoms with Crippen LogP contribution in [-0.4, -0.2) is 13.3 Å². The van der Waals surface area contributed by atoms with Crippen molar-refractivity contribution >= 4 is 0 Å². The van der Waals surface area contributed by atoms with E-state index in [0.29, 0.717) is 13.2 Å². The molecule has 116 valence electrons. The molecule has 0 aromatic heterocycles. The average Bonchev–Trinajstić information content (AvgIpc) is 2.49. The first-order chi connectivity index (χ1) is 10.2. The Labute approximate surface area is 125 Å². The average molecular weight is 293 g/mol. The van der Waals surface area contributed by atoms with Gasteiger partial charge in [0.2, 0.25) is 0 Å². The van der Waals surface area contributed by atoms with Gasteiger partial charge in [0.15, 0.2) is 6.79 Å². The molecule has 2 aliphatic rings. The molecule has 0 bridgehead atoms. The third-order valence-electron chi connectivity index (χ3n) is 4.64. The monoisotopic (exact) mass is 293 g/mol. The van der Waals surface area contributed by atoms with Crippen LogP contribution in [0, 0.1) is 17.7 Å². The highest BCUT2D eigenvalue weighted by atomic mass is 19.1. The van der Waals surface area contributed by atoms with Crippen molar-refractivity contribution in [3.05, 3.63) is 29.1 Å². The van der Waals surface area contributed by atoms with E-state index in [4.69, 9.17) is 9.47 Å². The smallest absolute Gasteiger partial charge is 0.189 e. The van der Waals surface area contributed by atoms with Gasteiger partial charge in [-0.3, -0.25) is 0 Å². The fourth-order valence-electron chi connectivity index (χ4n) is 3.33. The molecule has 1 aromatic carbocycles. The first kappa shape index (κ1) is 14.8. The lowest BCUT2D eigenvalue weighted by Gasteiger charge is -2.26. The number of halogens is 1. The summed E-state index contributed by atoms with van der Waals surface area (Å²) in [5.41, 5.74) is 1.71. The molecule has 1 heterocycles. The van der Waals surface area contributed by atoms with Gasteiger partial charge in [-0.1, -0.05) is 19.8 Å². The molecule has 3 rings (SSSR count). The highest BCUT2D eigenvalue weighted by molar-refractivity contribution is 5.42. The normalized spacial score (nSPS) is 25.2. The van der Waals surface area contributed by atoms with Crippen molar-refractivity contribution in [2.24, 2.45) is 11.8 Å². The molecule has 0 unspecified atom stereocenters. The van der Waals surface area contributed by atoms with E-state index < -0.39 is 0 Å². The standard InChI is InChI=1S/C17H24FNO2/c1-12-2-4-13(5-3-12)8-19-9-14-6-16(18)7-15-10-20-11-21-17(14)15/h6-7,12-13,19H,2-5,8-11H2,1H3. The Morgan fingerprint density at radius 2 is 2.05 bits per heavy atom. The Hall–Kier alpha value is -1.13. The zero-order chi connectivity index (χ0) is 14.7. The number of rotatable bonds is 4. The molecule has 4 heteroatoms. The summed E-state index contributed by atoms with van der Waals surface area (Å²) in [6.07, 6.45) is 5.28. The van der Waals surface area contributed by atoms with Crippen molar-refractivity contribution in [2.45, 2.75) is 45.8 Å². The van der Waals surface area contributed by atoms with Crippen molar-refractivity contribution in [1.29, 1.82) is 0 Å². The maximum absolute atomic E-state index is 13.6. The van der Waals surface area contributed by atoms with Crippen LogP contribution in [0.2, 0.25) is 0 Å². The van der Waals surface area contributed by atoms with Gasteiger partial charge in [-0.25, -0.2) is 4.39 Å². The van der Waals surface area contributed by atoms with Crippen LogP contribution in [0.15, 0.2) is 12.1 Å². The Balaban J connectivity index is 1.56. The van der Waals surface area contributed by atoms with Gasteiger partial charge in [0.25, 0.3) is 0 Å². The van der Waals surface area contributed by atoms with Gasteiger partial charge in [0.05, 0.1) is 6.61 Å². The van der Waals surface area contributed by atoms with E-state index in [0.717, 1.165) is 35.3 Å². The lowest BCUT2D eigenvalue weighted by Crippen LogP contribution is -2.26. The third kappa shape index (κ3) is 3.74. The van der Waals surface area contributed by atoms with Crippen LogP contribution in [0.3, 0.4) is 0 Å². The van der Waals surface area contributed by atoms with Crippen LogP contribution in [0.25, 0.3) is 0 Å². The van der Waals surface area contributed by atoms with Gasteiger partial charge in [-0.2, -0.15) is 0 Å². The lowest BCUT2D eigenvalue weighted by molar-refractivity contribution is -0.0173. The summed E-state index contributed by atoms with van der Waals surface area (Å²) >= 11 is 0. The molecule has 1 aliphatic carbocycles. The summed E-state index contributed by atoms with van der Waals surface area (Å²) in [4.78, 5) is 0. The second-order valence-corrected chi connectivity index (χ2v) is 6.42. The summed E-state index contributed by atoms with van der Waals surface area (Å²) in [6.45, 7) is 4.69.